The summed E-state index contributed by atoms with van der Waals surface area (Å²) in [5.74, 6) is 1.12. The van der Waals surface area contributed by atoms with Gasteiger partial charge in [-0.2, -0.15) is 0 Å². The average molecular weight is 378 g/mol. The van der Waals surface area contributed by atoms with Crippen molar-refractivity contribution in [3.05, 3.63) is 42.2 Å². The predicted molar refractivity (Wildman–Crippen MR) is 108 cm³/mol. The van der Waals surface area contributed by atoms with Crippen LogP contribution in [0.3, 0.4) is 0 Å². The molecule has 3 aliphatic rings. The van der Waals surface area contributed by atoms with E-state index in [1.165, 1.54) is 19.2 Å². The van der Waals surface area contributed by atoms with Gasteiger partial charge in [-0.25, -0.2) is 19.7 Å². The third-order valence-corrected chi connectivity index (χ3v) is 6.31. The Hall–Kier alpha value is -2.67. The molecule has 2 saturated heterocycles. The normalized spacial score (nSPS) is 25.4. The van der Waals surface area contributed by atoms with Gasteiger partial charge in [0.2, 0.25) is 0 Å². The molecule has 28 heavy (non-hydrogen) atoms. The number of hydrogen-bond acceptors (Lipinski definition) is 5. The number of carbonyl (C=O) groups excluding carboxylic acids is 1. The van der Waals surface area contributed by atoms with Crippen LogP contribution in [0, 0.1) is 0 Å². The highest BCUT2D eigenvalue weighted by Gasteiger charge is 2.47. The number of aromatic nitrogens is 2. The van der Waals surface area contributed by atoms with E-state index in [-0.39, 0.29) is 18.1 Å². The molecular weight excluding hydrogens is 352 g/mol. The first kappa shape index (κ1) is 17.4. The molecule has 2 amide bonds. The number of nitrogen functional groups attached to an aromatic ring is 1. The molecule has 7 heteroatoms. The third kappa shape index (κ3) is 2.73. The van der Waals surface area contributed by atoms with E-state index in [2.05, 4.69) is 14.9 Å². The molecule has 2 unspecified atom stereocenters. The number of para-hydroxylation sites is 1. The van der Waals surface area contributed by atoms with E-state index in [1.54, 1.807) is 4.90 Å². The number of urea groups is 1. The van der Waals surface area contributed by atoms with Gasteiger partial charge < -0.3 is 10.6 Å². The summed E-state index contributed by atoms with van der Waals surface area (Å²) in [5, 5.41) is 0. The van der Waals surface area contributed by atoms with Gasteiger partial charge in [0.05, 0.1) is 17.3 Å². The van der Waals surface area contributed by atoms with Crippen molar-refractivity contribution in [3.8, 4) is 0 Å². The lowest BCUT2D eigenvalue weighted by Gasteiger charge is -2.45. The number of carbonyl (C=O) groups is 1. The molecule has 2 atom stereocenters. The largest absolute Gasteiger partial charge is 0.383 e. The van der Waals surface area contributed by atoms with Crippen molar-refractivity contribution in [1.82, 2.24) is 19.8 Å². The number of nitrogens with zero attached hydrogens (tertiary/aromatic N) is 5. The number of amides is 2. The maximum atomic E-state index is 13.7. The molecule has 5 rings (SSSR count). The first-order valence-electron chi connectivity index (χ1n) is 10.3. The minimum atomic E-state index is -0.0794. The van der Waals surface area contributed by atoms with Gasteiger partial charge in [0.1, 0.15) is 12.1 Å². The minimum Gasteiger partial charge on any atom is -0.383 e. The first-order valence-corrected chi connectivity index (χ1v) is 10.3. The molecule has 0 saturated carbocycles. The van der Waals surface area contributed by atoms with Crippen LogP contribution in [0.2, 0.25) is 0 Å². The van der Waals surface area contributed by atoms with Crippen molar-refractivity contribution in [2.24, 2.45) is 0 Å². The van der Waals surface area contributed by atoms with Crippen molar-refractivity contribution in [2.75, 3.05) is 30.3 Å². The summed E-state index contributed by atoms with van der Waals surface area (Å²) in [4.78, 5) is 28.8. The third-order valence-electron chi connectivity index (χ3n) is 6.31. The Morgan fingerprint density at radius 2 is 1.71 bits per heavy atom. The summed E-state index contributed by atoms with van der Waals surface area (Å²) in [6.45, 7) is 2.92. The van der Waals surface area contributed by atoms with Crippen molar-refractivity contribution >= 4 is 23.4 Å². The number of rotatable bonds is 2. The summed E-state index contributed by atoms with van der Waals surface area (Å²) in [5.41, 5.74) is 8.13. The zero-order valence-electron chi connectivity index (χ0n) is 16.0. The second-order valence-corrected chi connectivity index (χ2v) is 7.89. The van der Waals surface area contributed by atoms with Gasteiger partial charge in [0.15, 0.2) is 5.82 Å². The monoisotopic (exact) mass is 378 g/mol. The van der Waals surface area contributed by atoms with E-state index in [4.69, 9.17) is 5.73 Å². The van der Waals surface area contributed by atoms with Crippen molar-refractivity contribution in [3.63, 3.8) is 0 Å². The Labute approximate surface area is 165 Å². The minimum absolute atomic E-state index is 0.00658. The number of fused-ring (bicyclic) bond motifs is 3. The van der Waals surface area contributed by atoms with Crippen LogP contribution in [-0.4, -0.2) is 51.5 Å². The summed E-state index contributed by atoms with van der Waals surface area (Å²) in [6.07, 6.45) is 7.12. The second-order valence-electron chi connectivity index (χ2n) is 7.89. The van der Waals surface area contributed by atoms with Gasteiger partial charge in [-0.1, -0.05) is 24.6 Å². The Morgan fingerprint density at radius 1 is 0.964 bits per heavy atom. The molecule has 3 aliphatic heterocycles. The Bertz CT molecular complexity index is 866. The molecule has 0 aliphatic carbocycles. The van der Waals surface area contributed by atoms with Gasteiger partial charge >= 0.3 is 6.03 Å². The molecule has 0 spiro atoms. The van der Waals surface area contributed by atoms with Gasteiger partial charge in [-0.3, -0.25) is 4.90 Å². The molecule has 2 aromatic rings. The SMILES string of the molecule is Nc1ncnc2c1C1C(N3CCCC3)CCCCN1C(=O)N2c1ccccc1. The number of anilines is 3. The van der Waals surface area contributed by atoms with Crippen molar-refractivity contribution in [2.45, 2.75) is 44.2 Å². The van der Waals surface area contributed by atoms with Crippen LogP contribution < -0.4 is 10.6 Å². The number of hydrogen-bond donors (Lipinski definition) is 1. The Morgan fingerprint density at radius 3 is 2.50 bits per heavy atom. The van der Waals surface area contributed by atoms with E-state index >= 15 is 0 Å². The van der Waals surface area contributed by atoms with E-state index < -0.39 is 0 Å². The highest BCUT2D eigenvalue weighted by atomic mass is 16.2. The fraction of sp³-hybridized carbons (Fsp3) is 0.476. The summed E-state index contributed by atoms with van der Waals surface area (Å²) < 4.78 is 0. The zero-order chi connectivity index (χ0) is 19.1. The number of likely N-dealkylation sites (tertiary alicyclic amines) is 1. The van der Waals surface area contributed by atoms with E-state index in [9.17, 15) is 4.79 Å². The van der Waals surface area contributed by atoms with Crippen LogP contribution in [-0.2, 0) is 0 Å². The fourth-order valence-electron chi connectivity index (χ4n) is 5.05. The highest BCUT2D eigenvalue weighted by Crippen LogP contribution is 2.46. The van der Waals surface area contributed by atoms with E-state index in [0.29, 0.717) is 11.6 Å². The molecule has 1 aromatic carbocycles. The van der Waals surface area contributed by atoms with Crippen LogP contribution in [0.25, 0.3) is 0 Å². The topological polar surface area (TPSA) is 78.6 Å². The quantitative estimate of drug-likeness (QED) is 0.867. The summed E-state index contributed by atoms with van der Waals surface area (Å²) in [7, 11) is 0. The maximum absolute atomic E-state index is 13.7. The molecule has 7 nitrogen and oxygen atoms in total. The first-order chi connectivity index (χ1) is 13.8. The van der Waals surface area contributed by atoms with Gasteiger partial charge in [0, 0.05) is 12.6 Å². The molecule has 2 fully saturated rings. The molecule has 0 bridgehead atoms. The molecule has 2 N–H and O–H groups in total. The smallest absolute Gasteiger partial charge is 0.330 e. The summed E-state index contributed by atoms with van der Waals surface area (Å²) in [6, 6.07) is 9.90. The standard InChI is InChI=1S/C21H26N6O/c22-19-17-18-16(25-11-6-7-12-25)10-4-5-13-26(18)21(28)27(20(17)24-14-23-19)15-8-2-1-3-9-15/h1-3,8-9,14,16,18H,4-7,10-13H2,(H2,22,23,24). The second kappa shape index (κ2) is 7.05. The predicted octanol–water partition coefficient (Wildman–Crippen LogP) is 3.32. The Kier molecular flexibility index (Phi) is 4.39. The maximum Gasteiger partial charge on any atom is 0.330 e. The van der Waals surface area contributed by atoms with Crippen LogP contribution >= 0.6 is 0 Å². The zero-order valence-corrected chi connectivity index (χ0v) is 16.0. The lowest BCUT2D eigenvalue weighted by atomic mass is 9.93. The van der Waals surface area contributed by atoms with Crippen molar-refractivity contribution in [1.29, 1.82) is 0 Å². The molecule has 146 valence electrons. The Balaban J connectivity index is 1.68. The van der Waals surface area contributed by atoms with Crippen LogP contribution in [0.15, 0.2) is 36.7 Å². The fourth-order valence-corrected chi connectivity index (χ4v) is 5.05. The van der Waals surface area contributed by atoms with Crippen LogP contribution in [0.4, 0.5) is 22.1 Å². The number of nitrogens with two attached hydrogens (primary N) is 1. The molecule has 1 aromatic heterocycles. The molecular formula is C21H26N6O. The van der Waals surface area contributed by atoms with Crippen LogP contribution in [0.5, 0.6) is 0 Å². The number of benzene rings is 1. The van der Waals surface area contributed by atoms with Crippen LogP contribution in [0.1, 0.15) is 43.7 Å². The van der Waals surface area contributed by atoms with Gasteiger partial charge in [0.25, 0.3) is 0 Å². The summed E-state index contributed by atoms with van der Waals surface area (Å²) >= 11 is 0. The van der Waals surface area contributed by atoms with Gasteiger partial charge in [-0.05, 0) is 50.9 Å². The van der Waals surface area contributed by atoms with E-state index in [1.807, 2.05) is 35.2 Å². The average Bonchev–Trinajstić information content (AvgIpc) is 3.15. The van der Waals surface area contributed by atoms with Gasteiger partial charge in [-0.15, -0.1) is 0 Å². The molecule has 0 radical (unpaired) electrons. The molecule has 4 heterocycles. The lowest BCUT2D eigenvalue weighted by Crippen LogP contribution is -2.54. The highest BCUT2D eigenvalue weighted by molar-refractivity contribution is 6.02. The lowest BCUT2D eigenvalue weighted by molar-refractivity contribution is 0.115. The van der Waals surface area contributed by atoms with Crippen molar-refractivity contribution < 1.29 is 4.79 Å². The van der Waals surface area contributed by atoms with E-state index in [0.717, 1.165) is 50.1 Å².